The minimum absolute atomic E-state index is 0.00905. The summed E-state index contributed by atoms with van der Waals surface area (Å²) < 4.78 is 27.3. The van der Waals surface area contributed by atoms with E-state index < -0.39 is 33.2 Å². The molecule has 3 fully saturated rings. The van der Waals surface area contributed by atoms with E-state index in [0.717, 1.165) is 19.3 Å². The Kier molecular flexibility index (Phi) is 5.91. The topological polar surface area (TPSA) is 181 Å². The first-order valence-electron chi connectivity index (χ1n) is 13.1. The lowest BCUT2D eigenvalue weighted by Crippen LogP contribution is -2.50. The zero-order chi connectivity index (χ0) is 28.4. The third-order valence-electron chi connectivity index (χ3n) is 9.13. The van der Waals surface area contributed by atoms with E-state index in [4.69, 9.17) is 0 Å². The van der Waals surface area contributed by atoms with Crippen LogP contribution in [-0.2, 0) is 21.7 Å². The van der Waals surface area contributed by atoms with Crippen LogP contribution < -0.4 is 10.6 Å². The van der Waals surface area contributed by atoms with E-state index in [1.165, 1.54) is 24.5 Å². The number of benzene rings is 1. The first kappa shape index (κ1) is 26.2. The zero-order valence-electron chi connectivity index (χ0n) is 21.8. The quantitative estimate of drug-likeness (QED) is 0.331. The Balaban J connectivity index is 1.23. The third-order valence-corrected chi connectivity index (χ3v) is 10.9. The predicted octanol–water partition coefficient (Wildman–Crippen LogP) is 2.76. The number of anilines is 1. The molecule has 3 aromatic rings. The number of carbonyl (C=O) groups is 3. The normalized spacial score (nSPS) is 26.4. The fourth-order valence-corrected chi connectivity index (χ4v) is 8.39. The minimum Gasteiger partial charge on any atom is -0.481 e. The van der Waals surface area contributed by atoms with Gasteiger partial charge in [-0.15, -0.1) is 0 Å². The fourth-order valence-electron chi connectivity index (χ4n) is 6.63. The first-order valence-corrected chi connectivity index (χ1v) is 14.8. The highest BCUT2D eigenvalue weighted by molar-refractivity contribution is 7.91. The Morgan fingerprint density at radius 1 is 1.07 bits per heavy atom. The lowest BCUT2D eigenvalue weighted by molar-refractivity contribution is -0.158. The molecule has 1 unspecified atom stereocenters. The Morgan fingerprint density at radius 3 is 2.42 bits per heavy atom. The second-order valence-corrected chi connectivity index (χ2v) is 13.4. The van der Waals surface area contributed by atoms with Crippen LogP contribution in [0.4, 0.5) is 5.69 Å². The van der Waals surface area contributed by atoms with Crippen molar-refractivity contribution in [1.82, 2.24) is 19.9 Å². The molecule has 0 saturated heterocycles. The summed E-state index contributed by atoms with van der Waals surface area (Å²) in [5.41, 5.74) is 1.30. The number of hydrogen-bond acceptors (Lipinski definition) is 8. The van der Waals surface area contributed by atoms with Crippen LogP contribution >= 0.6 is 0 Å². The van der Waals surface area contributed by atoms with Gasteiger partial charge in [0.25, 0.3) is 5.91 Å². The van der Waals surface area contributed by atoms with Crippen LogP contribution in [0.25, 0.3) is 11.0 Å². The Morgan fingerprint density at radius 2 is 1.77 bits per heavy atom. The molecule has 1 amide bonds. The van der Waals surface area contributed by atoms with E-state index in [2.05, 4.69) is 20.6 Å². The van der Waals surface area contributed by atoms with E-state index in [9.17, 15) is 33.0 Å². The number of aromatic nitrogens is 3. The molecule has 7 rings (SSSR count). The van der Waals surface area contributed by atoms with Crippen LogP contribution in [0, 0.1) is 10.8 Å². The number of rotatable bonds is 7. The summed E-state index contributed by atoms with van der Waals surface area (Å²) in [5.74, 6) is -2.52. The maximum absolute atomic E-state index is 13.3. The highest BCUT2D eigenvalue weighted by Crippen LogP contribution is 2.56. The first-order chi connectivity index (χ1) is 18.9. The molecule has 12 nitrogen and oxygen atoms in total. The highest BCUT2D eigenvalue weighted by atomic mass is 32.2. The molecule has 1 aromatic carbocycles. The molecule has 4 N–H and O–H groups in total. The standard InChI is InChI=1S/C27H29N5O7S/c1-32-11-17(31-18-12-40(38,39)19-10-15(24(34)35)2-3-16(18)19)20-22(32)21(30-14-29-20)23(33)28-13-26-4-7-27(8-5-26,9-6-26)25(36)37/h2-3,10-11,14,18,31H,4-9,12-13H2,1H3,(H,28,33)(H,34,35)(H,36,37). The molecule has 3 heterocycles. The van der Waals surface area contributed by atoms with Gasteiger partial charge in [-0.25, -0.2) is 23.2 Å². The van der Waals surface area contributed by atoms with Gasteiger partial charge < -0.3 is 25.4 Å². The number of carboxylic acids is 2. The molecular formula is C27H29N5O7S. The molecule has 4 aliphatic rings. The van der Waals surface area contributed by atoms with Crippen LogP contribution in [0.1, 0.15) is 71.0 Å². The van der Waals surface area contributed by atoms with Gasteiger partial charge in [0, 0.05) is 19.8 Å². The van der Waals surface area contributed by atoms with Gasteiger partial charge in [0.1, 0.15) is 17.4 Å². The summed E-state index contributed by atoms with van der Waals surface area (Å²) in [7, 11) is -1.94. The van der Waals surface area contributed by atoms with E-state index in [1.54, 1.807) is 17.8 Å². The van der Waals surface area contributed by atoms with Crippen LogP contribution in [-0.4, -0.2) is 63.3 Å². The second-order valence-electron chi connectivity index (χ2n) is 11.4. The molecule has 1 aliphatic heterocycles. The molecule has 1 atom stereocenters. The molecule has 0 radical (unpaired) electrons. The Labute approximate surface area is 229 Å². The predicted molar refractivity (Wildman–Crippen MR) is 143 cm³/mol. The Hall–Kier alpha value is -4.00. The summed E-state index contributed by atoms with van der Waals surface area (Å²) in [4.78, 5) is 45.0. The van der Waals surface area contributed by atoms with Gasteiger partial charge in [-0.05, 0) is 61.6 Å². The lowest BCUT2D eigenvalue weighted by atomic mass is 9.53. The number of aromatic carboxylic acids is 1. The molecule has 0 spiro atoms. The van der Waals surface area contributed by atoms with E-state index in [0.29, 0.717) is 48.1 Å². The number of nitrogens with one attached hydrogen (secondary N) is 2. The van der Waals surface area contributed by atoms with Crippen molar-refractivity contribution in [1.29, 1.82) is 0 Å². The van der Waals surface area contributed by atoms with Gasteiger partial charge in [0.15, 0.2) is 15.5 Å². The highest BCUT2D eigenvalue weighted by Gasteiger charge is 2.52. The van der Waals surface area contributed by atoms with Crippen molar-refractivity contribution in [2.45, 2.75) is 49.5 Å². The number of carbonyl (C=O) groups excluding carboxylic acids is 1. The smallest absolute Gasteiger partial charge is 0.335 e. The maximum Gasteiger partial charge on any atom is 0.335 e. The van der Waals surface area contributed by atoms with Gasteiger partial charge in [-0.1, -0.05) is 6.07 Å². The van der Waals surface area contributed by atoms with Crippen LogP contribution in [0.3, 0.4) is 0 Å². The number of nitrogens with zero attached hydrogens (tertiary/aromatic N) is 3. The van der Waals surface area contributed by atoms with E-state index >= 15 is 0 Å². The van der Waals surface area contributed by atoms with Gasteiger partial charge >= 0.3 is 11.9 Å². The number of aliphatic carboxylic acids is 1. The van der Waals surface area contributed by atoms with Crippen LogP contribution in [0.2, 0.25) is 0 Å². The van der Waals surface area contributed by atoms with Gasteiger partial charge in [-0.3, -0.25) is 9.59 Å². The summed E-state index contributed by atoms with van der Waals surface area (Å²) in [6, 6.07) is 3.44. The number of amides is 1. The van der Waals surface area contributed by atoms with Crippen molar-refractivity contribution in [3.63, 3.8) is 0 Å². The summed E-state index contributed by atoms with van der Waals surface area (Å²) in [6.07, 6.45) is 7.17. The number of carboxylic acid groups (broad SMARTS) is 2. The van der Waals surface area contributed by atoms with Crippen molar-refractivity contribution in [3.8, 4) is 0 Å². The number of aryl methyl sites for hydroxylation is 1. The van der Waals surface area contributed by atoms with Gasteiger partial charge in [-0.2, -0.15) is 0 Å². The molecule has 3 aliphatic carbocycles. The summed E-state index contributed by atoms with van der Waals surface area (Å²) >= 11 is 0. The van der Waals surface area contributed by atoms with Gasteiger partial charge in [0.05, 0.1) is 33.4 Å². The van der Waals surface area contributed by atoms with Crippen LogP contribution in [0.15, 0.2) is 35.6 Å². The summed E-state index contributed by atoms with van der Waals surface area (Å²) in [6.45, 7) is 0.442. The molecule has 2 bridgehead atoms. The largest absolute Gasteiger partial charge is 0.481 e. The molecular weight excluding hydrogens is 538 g/mol. The number of fused-ring (bicyclic) bond motifs is 5. The van der Waals surface area contributed by atoms with E-state index in [1.807, 2.05) is 0 Å². The fraction of sp³-hybridized carbons (Fsp3) is 0.444. The number of hydrogen-bond donors (Lipinski definition) is 4. The molecule has 13 heteroatoms. The minimum atomic E-state index is -3.69. The average molecular weight is 568 g/mol. The third kappa shape index (κ3) is 4.10. The molecule has 210 valence electrons. The SMILES string of the molecule is Cn1cc(NC2CS(=O)(=O)c3cc(C(=O)O)ccc32)c2ncnc(C(=O)NCC34CCC(C(=O)O)(CC3)CC4)c21. The van der Waals surface area contributed by atoms with Gasteiger partial charge in [0.2, 0.25) is 0 Å². The molecule has 3 saturated carbocycles. The van der Waals surface area contributed by atoms with Crippen molar-refractivity contribution in [2.24, 2.45) is 17.9 Å². The molecule has 40 heavy (non-hydrogen) atoms. The van der Waals surface area contributed by atoms with Crippen molar-refractivity contribution < 1.29 is 33.0 Å². The van der Waals surface area contributed by atoms with E-state index in [-0.39, 0.29) is 33.2 Å². The second kappa shape index (κ2) is 9.01. The monoisotopic (exact) mass is 567 g/mol. The number of sulfone groups is 1. The molecule has 2 aromatic heterocycles. The summed E-state index contributed by atoms with van der Waals surface area (Å²) in [5, 5.41) is 25.2. The maximum atomic E-state index is 13.3. The lowest BCUT2D eigenvalue weighted by Gasteiger charge is -2.51. The van der Waals surface area contributed by atoms with Crippen molar-refractivity contribution in [3.05, 3.63) is 47.5 Å². The van der Waals surface area contributed by atoms with Crippen LogP contribution in [0.5, 0.6) is 0 Å². The zero-order valence-corrected chi connectivity index (χ0v) is 22.6. The van der Waals surface area contributed by atoms with Crippen molar-refractivity contribution in [2.75, 3.05) is 17.6 Å². The van der Waals surface area contributed by atoms with Crippen molar-refractivity contribution >= 4 is 44.4 Å². The average Bonchev–Trinajstić information content (AvgIpc) is 3.40. The Bertz CT molecular complexity index is 1670.